The van der Waals surface area contributed by atoms with Crippen molar-refractivity contribution in [1.82, 2.24) is 0 Å². The van der Waals surface area contributed by atoms with Crippen LogP contribution in [0.2, 0.25) is 0 Å². The smallest absolute Gasteiger partial charge is 0.191 e. The van der Waals surface area contributed by atoms with Gasteiger partial charge >= 0.3 is 0 Å². The molecule has 402 valence electrons. The number of fused-ring (bicyclic) bond motifs is 5. The van der Waals surface area contributed by atoms with E-state index in [0.29, 0.717) is 25.0 Å². The van der Waals surface area contributed by atoms with Crippen LogP contribution in [0.3, 0.4) is 0 Å². The molecule has 0 bridgehead atoms. The van der Waals surface area contributed by atoms with E-state index >= 15 is 0 Å². The molecule has 4 aliphatic carbocycles. The topological polar surface area (TPSA) is 149 Å². The minimum Gasteiger partial charge on any atom is -0.390 e. The molecule has 0 aromatic heterocycles. The maximum absolute atomic E-state index is 12.2. The fraction of sp³-hybridized carbons (Fsp3) is 0.963. The van der Waals surface area contributed by atoms with Gasteiger partial charge in [-0.05, 0) is 137 Å². The van der Waals surface area contributed by atoms with Crippen molar-refractivity contribution < 1.29 is 72.0 Å². The van der Waals surface area contributed by atoms with Gasteiger partial charge in [-0.15, -0.1) is 0 Å². The van der Waals surface area contributed by atoms with Crippen LogP contribution in [-0.2, 0) is 66.9 Å². The third-order valence-corrected chi connectivity index (χ3v) is 18.8. The first kappa shape index (κ1) is 57.4. The van der Waals surface area contributed by atoms with Crippen molar-refractivity contribution >= 4 is 0 Å². The van der Waals surface area contributed by atoms with Gasteiger partial charge in [0.1, 0.15) is 36.6 Å². The molecule has 6 aliphatic rings. The highest BCUT2D eigenvalue weighted by Gasteiger charge is 2.72. The lowest BCUT2D eigenvalue weighted by molar-refractivity contribution is -0.461. The zero-order valence-corrected chi connectivity index (χ0v) is 45.6. The molecule has 6 rings (SSSR count). The molecule has 1 N–H and O–H groups in total. The van der Waals surface area contributed by atoms with Crippen LogP contribution < -0.4 is 0 Å². The monoisotopic (exact) mass is 985 g/mol. The molecule has 6 unspecified atom stereocenters. The molecule has 69 heavy (non-hydrogen) atoms. The number of methoxy groups -OCH3 is 6. The predicted octanol–water partition coefficient (Wildman–Crippen LogP) is 8.81. The zero-order chi connectivity index (χ0) is 50.5. The lowest BCUT2D eigenvalue weighted by atomic mass is 9.35. The van der Waals surface area contributed by atoms with Gasteiger partial charge in [-0.3, -0.25) is 0 Å². The van der Waals surface area contributed by atoms with Crippen LogP contribution in [-0.4, -0.2) is 153 Å². The second kappa shape index (κ2) is 24.2. The molecule has 0 spiro atoms. The van der Waals surface area contributed by atoms with Crippen LogP contribution >= 0.6 is 0 Å². The number of hydrogen-bond acceptors (Lipinski definition) is 15. The summed E-state index contributed by atoms with van der Waals surface area (Å²) in [6.45, 7) is 24.0. The third kappa shape index (κ3) is 11.2. The minimum atomic E-state index is -1.10. The summed E-state index contributed by atoms with van der Waals surface area (Å²) in [5.74, 6) is 1.26. The van der Waals surface area contributed by atoms with E-state index in [-0.39, 0.29) is 58.9 Å². The Morgan fingerprint density at radius 1 is 0.652 bits per heavy atom. The first-order valence-corrected chi connectivity index (χ1v) is 26.4. The molecule has 2 heterocycles. The first-order valence-electron chi connectivity index (χ1n) is 26.4. The van der Waals surface area contributed by atoms with Crippen molar-refractivity contribution in [2.45, 2.75) is 219 Å². The molecule has 6 fully saturated rings. The Balaban J connectivity index is 1.30. The van der Waals surface area contributed by atoms with Gasteiger partial charge in [0, 0.05) is 42.7 Å². The van der Waals surface area contributed by atoms with E-state index in [4.69, 9.17) is 66.9 Å². The highest BCUT2D eigenvalue weighted by Crippen LogP contribution is 2.76. The van der Waals surface area contributed by atoms with Gasteiger partial charge in [-0.2, -0.15) is 0 Å². The average molecular weight is 985 g/mol. The number of ether oxygens (including phenoxy) is 10. The average Bonchev–Trinajstić information content (AvgIpc) is 3.68. The van der Waals surface area contributed by atoms with Crippen LogP contribution in [0.25, 0.3) is 0 Å². The largest absolute Gasteiger partial charge is 0.390 e. The van der Waals surface area contributed by atoms with E-state index in [2.05, 4.69) is 61.5 Å². The Morgan fingerprint density at radius 3 is 1.77 bits per heavy atom. The van der Waals surface area contributed by atoms with Gasteiger partial charge < -0.3 is 52.5 Å². The maximum atomic E-state index is 12.2. The molecule has 0 aromatic carbocycles. The van der Waals surface area contributed by atoms with E-state index in [1.54, 1.807) is 35.5 Å². The molecule has 2 saturated heterocycles. The van der Waals surface area contributed by atoms with E-state index < -0.39 is 67.0 Å². The van der Waals surface area contributed by atoms with E-state index in [0.717, 1.165) is 70.6 Å². The van der Waals surface area contributed by atoms with Crippen LogP contribution in [0, 0.1) is 45.3 Å². The van der Waals surface area contributed by atoms with Crippen molar-refractivity contribution in [2.24, 2.45) is 45.3 Å². The lowest BCUT2D eigenvalue weighted by Crippen LogP contribution is -2.68. The molecule has 15 nitrogen and oxygen atoms in total. The molecule has 2 aliphatic heterocycles. The summed E-state index contributed by atoms with van der Waals surface area (Å²) in [5.41, 5.74) is 0.396. The van der Waals surface area contributed by atoms with Gasteiger partial charge in [0.05, 0.1) is 44.2 Å². The molecule has 15 heteroatoms. The van der Waals surface area contributed by atoms with Crippen molar-refractivity contribution in [1.29, 1.82) is 0 Å². The van der Waals surface area contributed by atoms with E-state index in [9.17, 15) is 5.11 Å². The quantitative estimate of drug-likeness (QED) is 0.0323. The van der Waals surface area contributed by atoms with Crippen LogP contribution in [0.4, 0.5) is 0 Å². The number of hydrogen-bond donors (Lipinski definition) is 1. The second-order valence-electron chi connectivity index (χ2n) is 23.3. The summed E-state index contributed by atoms with van der Waals surface area (Å²) in [4.78, 5) is 23.6. The summed E-state index contributed by atoms with van der Waals surface area (Å²) >= 11 is 0. The van der Waals surface area contributed by atoms with Gasteiger partial charge in [0.2, 0.25) is 0 Å². The number of rotatable bonds is 24. The number of aliphatic hydroxyl groups is 1. The van der Waals surface area contributed by atoms with E-state index in [1.807, 2.05) is 21.0 Å². The van der Waals surface area contributed by atoms with Gasteiger partial charge in [0.15, 0.2) is 24.8 Å². The fourth-order valence-corrected chi connectivity index (χ4v) is 15.2. The number of allylic oxidation sites excluding steroid dienone is 2. The fourth-order valence-electron chi connectivity index (χ4n) is 15.2. The Morgan fingerprint density at radius 2 is 1.22 bits per heavy atom. The SMILES string of the molecule is CCCOO[C@H]1[C@H](OC)[C@@H](COC)OC(O[C@H]2[C@H](OC3CC[C@]4(C)C(CC[C@@]5(C)C4C[C@H](OC)C4C([C@@](C)(O)CCC=C(C)C)CC[C@@]45C)C3(C)C)O[C@H](COC)[C@@H](OC)[C@@H]2OC)[C@@H]1OOCCC. The van der Waals surface area contributed by atoms with Gasteiger partial charge in [-0.25, -0.2) is 19.6 Å². The van der Waals surface area contributed by atoms with Crippen LogP contribution in [0.5, 0.6) is 0 Å². The van der Waals surface area contributed by atoms with Crippen molar-refractivity contribution in [3.63, 3.8) is 0 Å². The second-order valence-corrected chi connectivity index (χ2v) is 23.3. The Bertz CT molecular complexity index is 1610. The Hall–Kier alpha value is -0.860. The Kier molecular flexibility index (Phi) is 20.1. The van der Waals surface area contributed by atoms with Gasteiger partial charge in [0.25, 0.3) is 0 Å². The molecule has 0 amide bonds. The molecule has 0 aromatic rings. The molecule has 4 saturated carbocycles. The summed E-state index contributed by atoms with van der Waals surface area (Å²) in [7, 11) is 10.0. The molecular weight excluding hydrogens is 889 g/mol. The van der Waals surface area contributed by atoms with Crippen molar-refractivity contribution in [3.8, 4) is 0 Å². The zero-order valence-electron chi connectivity index (χ0n) is 45.6. The summed E-state index contributed by atoms with van der Waals surface area (Å²) in [5, 5.41) is 12.2. The standard InChI is InChI=1S/C54H96O15/c1-17-28-62-68-45-43(60-15)37(32-57-12)65-49(47(45)69-63-29-18-2)67-46-44(61-16)42(59-14)36(31-56-11)64-48(46)66-40-23-25-51(7)38(50(40,5)6)22-27-52(8)39(51)30-35(58-13)41-34(21-26-53(41,52)9)54(10,55)24-19-20-33(3)4/h20,34-49,55H,17-19,21-32H2,1-16H3/t34?,35-,36+,37+,38?,39?,40?,41?,42+,43+,44-,45-,46+,47+,48-,49?,51+,52-,53-,54-/m0/s1. The summed E-state index contributed by atoms with van der Waals surface area (Å²) in [6, 6.07) is 0. The normalized spacial score (nSPS) is 43.9. The van der Waals surface area contributed by atoms with Crippen molar-refractivity contribution in [3.05, 3.63) is 11.6 Å². The predicted molar refractivity (Wildman–Crippen MR) is 260 cm³/mol. The summed E-state index contributed by atoms with van der Waals surface area (Å²) < 4.78 is 64.6. The Labute approximate surface area is 416 Å². The van der Waals surface area contributed by atoms with Crippen molar-refractivity contribution in [2.75, 3.05) is 69.1 Å². The summed E-state index contributed by atoms with van der Waals surface area (Å²) in [6.07, 6.45) is 4.61. The van der Waals surface area contributed by atoms with Gasteiger partial charge in [-0.1, -0.05) is 60.1 Å². The minimum absolute atomic E-state index is 0.0192. The van der Waals surface area contributed by atoms with Crippen LogP contribution in [0.15, 0.2) is 11.6 Å². The molecule has 0 radical (unpaired) electrons. The molecular formula is C54H96O15. The highest BCUT2D eigenvalue weighted by atomic mass is 17.2. The lowest BCUT2D eigenvalue weighted by Gasteiger charge is -2.71. The maximum Gasteiger partial charge on any atom is 0.191 e. The first-order chi connectivity index (χ1) is 32.8. The third-order valence-electron chi connectivity index (χ3n) is 18.8. The highest BCUT2D eigenvalue weighted by molar-refractivity contribution is 5.20. The van der Waals surface area contributed by atoms with Crippen LogP contribution in [0.1, 0.15) is 140 Å². The molecule has 20 atom stereocenters. The van der Waals surface area contributed by atoms with E-state index in [1.165, 1.54) is 5.57 Å².